The molecule has 1 aromatic carbocycles. The Hall–Kier alpha value is -1.27. The van der Waals surface area contributed by atoms with Gasteiger partial charge in [0.05, 0.1) is 4.92 Å². The lowest BCUT2D eigenvalue weighted by atomic mass is 10.2. The topological polar surface area (TPSA) is 80.4 Å². The Morgan fingerprint density at radius 1 is 1.56 bits per heavy atom. The second-order valence-corrected chi connectivity index (χ2v) is 6.17. The zero-order valence-electron chi connectivity index (χ0n) is 9.84. The first-order valence-corrected chi connectivity index (χ1v) is 6.40. The molecule has 18 heavy (non-hydrogen) atoms. The van der Waals surface area contributed by atoms with Crippen LogP contribution in [0.3, 0.4) is 0 Å². The van der Waals surface area contributed by atoms with Crippen LogP contribution in [-0.2, 0) is 10.5 Å². The van der Waals surface area contributed by atoms with Gasteiger partial charge in [-0.05, 0) is 26.0 Å². The lowest BCUT2D eigenvalue weighted by Gasteiger charge is -2.18. The summed E-state index contributed by atoms with van der Waals surface area (Å²) in [4.78, 5) is 21.3. The number of halogens is 1. The van der Waals surface area contributed by atoms with E-state index in [1.807, 2.05) is 0 Å². The Kier molecular flexibility index (Phi) is 4.59. The van der Waals surface area contributed by atoms with Crippen LogP contribution in [-0.4, -0.2) is 20.7 Å². The molecule has 0 aliphatic rings. The van der Waals surface area contributed by atoms with Gasteiger partial charge < -0.3 is 5.11 Å². The second-order valence-electron chi connectivity index (χ2n) is 4.13. The van der Waals surface area contributed by atoms with E-state index in [-0.39, 0.29) is 16.5 Å². The van der Waals surface area contributed by atoms with Crippen molar-refractivity contribution in [2.24, 2.45) is 0 Å². The highest BCUT2D eigenvalue weighted by Crippen LogP contribution is 2.32. The van der Waals surface area contributed by atoms with Crippen LogP contribution >= 0.6 is 23.4 Å². The van der Waals surface area contributed by atoms with Crippen molar-refractivity contribution in [3.63, 3.8) is 0 Å². The zero-order chi connectivity index (χ0) is 13.9. The van der Waals surface area contributed by atoms with Crippen molar-refractivity contribution in [3.8, 4) is 0 Å². The minimum absolute atomic E-state index is 0.0869. The summed E-state index contributed by atoms with van der Waals surface area (Å²) < 4.78 is -0.993. The number of carboxylic acid groups (broad SMARTS) is 1. The molecule has 0 amide bonds. The fourth-order valence-corrected chi connectivity index (χ4v) is 2.20. The summed E-state index contributed by atoms with van der Waals surface area (Å²) in [6.07, 6.45) is 0. The van der Waals surface area contributed by atoms with E-state index in [2.05, 4.69) is 0 Å². The summed E-state index contributed by atoms with van der Waals surface area (Å²) in [6, 6.07) is 4.37. The van der Waals surface area contributed by atoms with Gasteiger partial charge in [-0.3, -0.25) is 14.9 Å². The van der Waals surface area contributed by atoms with Gasteiger partial charge in [0.2, 0.25) is 0 Å². The van der Waals surface area contributed by atoms with Crippen LogP contribution in [0.25, 0.3) is 0 Å². The monoisotopic (exact) mass is 289 g/mol. The second kappa shape index (κ2) is 5.58. The van der Waals surface area contributed by atoms with E-state index in [9.17, 15) is 14.9 Å². The predicted molar refractivity (Wildman–Crippen MR) is 71.1 cm³/mol. The Balaban J connectivity index is 2.92. The maximum atomic E-state index is 10.9. The molecule has 5 nitrogen and oxygen atoms in total. The maximum Gasteiger partial charge on any atom is 0.319 e. The molecule has 0 aliphatic heterocycles. The molecule has 98 valence electrons. The fourth-order valence-electron chi connectivity index (χ4n) is 1.15. The predicted octanol–water partition coefficient (Wildman–Crippen LogP) is 3.34. The number of carbonyl (C=O) groups is 1. The van der Waals surface area contributed by atoms with E-state index in [1.165, 1.54) is 6.07 Å². The van der Waals surface area contributed by atoms with Crippen molar-refractivity contribution in [1.29, 1.82) is 0 Å². The molecule has 0 spiro atoms. The number of hydrogen-bond acceptors (Lipinski definition) is 4. The Morgan fingerprint density at radius 2 is 2.17 bits per heavy atom. The van der Waals surface area contributed by atoms with Crippen LogP contribution in [0.5, 0.6) is 0 Å². The summed E-state index contributed by atoms with van der Waals surface area (Å²) in [5, 5.41) is 20.1. The largest absolute Gasteiger partial charge is 0.480 e. The van der Waals surface area contributed by atoms with E-state index in [4.69, 9.17) is 16.7 Å². The van der Waals surface area contributed by atoms with E-state index >= 15 is 0 Å². The first-order valence-electron chi connectivity index (χ1n) is 5.04. The van der Waals surface area contributed by atoms with Crippen LogP contribution in [0.2, 0.25) is 5.02 Å². The molecular formula is C11H12ClNO4S. The molecule has 0 fully saturated rings. The van der Waals surface area contributed by atoms with Crippen LogP contribution < -0.4 is 0 Å². The van der Waals surface area contributed by atoms with Crippen LogP contribution in [0.4, 0.5) is 5.69 Å². The van der Waals surface area contributed by atoms with Gasteiger partial charge >= 0.3 is 5.97 Å². The number of nitro groups is 1. The van der Waals surface area contributed by atoms with E-state index < -0.39 is 15.6 Å². The smallest absolute Gasteiger partial charge is 0.319 e. The molecule has 0 saturated heterocycles. The third kappa shape index (κ3) is 3.61. The van der Waals surface area contributed by atoms with Crippen LogP contribution in [0.15, 0.2) is 18.2 Å². The fraction of sp³-hybridized carbons (Fsp3) is 0.364. The van der Waals surface area contributed by atoms with Crippen molar-refractivity contribution in [3.05, 3.63) is 38.9 Å². The molecule has 0 unspecified atom stereocenters. The molecule has 1 N–H and O–H groups in total. The minimum atomic E-state index is -0.993. The SMILES string of the molecule is CC(C)(SCc1ccc(Cl)cc1[N+](=O)[O-])C(=O)O. The average Bonchev–Trinajstić information content (AvgIpc) is 2.27. The van der Waals surface area contributed by atoms with Gasteiger partial charge in [-0.2, -0.15) is 0 Å². The standard InChI is InChI=1S/C11H12ClNO4S/c1-11(2,10(14)15)18-6-7-3-4-8(12)5-9(7)13(16)17/h3-5H,6H2,1-2H3,(H,14,15). The zero-order valence-corrected chi connectivity index (χ0v) is 11.4. The molecular weight excluding hydrogens is 278 g/mol. The molecule has 0 atom stereocenters. The average molecular weight is 290 g/mol. The third-order valence-electron chi connectivity index (χ3n) is 2.35. The molecule has 0 saturated carbocycles. The lowest BCUT2D eigenvalue weighted by molar-refractivity contribution is -0.385. The van der Waals surface area contributed by atoms with Gasteiger partial charge in [-0.25, -0.2) is 0 Å². The summed E-state index contributed by atoms with van der Waals surface area (Å²) in [5.74, 6) is -0.712. The quantitative estimate of drug-likeness (QED) is 0.664. The van der Waals surface area contributed by atoms with Gasteiger partial charge in [0.25, 0.3) is 5.69 Å². The first kappa shape index (κ1) is 14.8. The van der Waals surface area contributed by atoms with Crippen molar-refractivity contribution in [1.82, 2.24) is 0 Å². The van der Waals surface area contributed by atoms with Crippen molar-refractivity contribution < 1.29 is 14.8 Å². The molecule has 0 aliphatic carbocycles. The third-order valence-corrected chi connectivity index (χ3v) is 3.93. The molecule has 1 aromatic rings. The number of carboxylic acids is 1. The van der Waals surface area contributed by atoms with Crippen molar-refractivity contribution in [2.75, 3.05) is 0 Å². The summed E-state index contributed by atoms with van der Waals surface area (Å²) in [7, 11) is 0. The number of aliphatic carboxylic acids is 1. The Labute approximate surface area is 113 Å². The first-order chi connectivity index (χ1) is 8.24. The highest BCUT2D eigenvalue weighted by atomic mass is 35.5. The molecule has 0 radical (unpaired) electrons. The summed E-state index contributed by atoms with van der Waals surface area (Å²) in [5.41, 5.74) is 0.375. The number of nitro benzene ring substituents is 1. The lowest BCUT2D eigenvalue weighted by Crippen LogP contribution is -2.27. The molecule has 0 heterocycles. The molecule has 1 rings (SSSR count). The van der Waals surface area contributed by atoms with Crippen molar-refractivity contribution >= 4 is 35.0 Å². The summed E-state index contributed by atoms with van der Waals surface area (Å²) in [6.45, 7) is 3.11. The van der Waals surface area contributed by atoms with Gasteiger partial charge in [-0.1, -0.05) is 11.6 Å². The Bertz CT molecular complexity index is 490. The van der Waals surface area contributed by atoms with Crippen molar-refractivity contribution in [2.45, 2.75) is 24.3 Å². The van der Waals surface area contributed by atoms with Gasteiger partial charge in [-0.15, -0.1) is 11.8 Å². The number of nitrogens with zero attached hydrogens (tertiary/aromatic N) is 1. The molecule has 0 aromatic heterocycles. The van der Waals surface area contributed by atoms with E-state index in [0.29, 0.717) is 5.56 Å². The van der Waals surface area contributed by atoms with Gasteiger partial charge in [0.1, 0.15) is 4.75 Å². The van der Waals surface area contributed by atoms with Gasteiger partial charge in [0.15, 0.2) is 0 Å². The number of rotatable bonds is 5. The minimum Gasteiger partial charge on any atom is -0.480 e. The molecule has 7 heteroatoms. The van der Waals surface area contributed by atoms with Crippen LogP contribution in [0.1, 0.15) is 19.4 Å². The highest BCUT2D eigenvalue weighted by Gasteiger charge is 2.28. The normalized spacial score (nSPS) is 11.3. The van der Waals surface area contributed by atoms with Gasteiger partial charge in [0, 0.05) is 22.4 Å². The number of hydrogen-bond donors (Lipinski definition) is 1. The highest BCUT2D eigenvalue weighted by molar-refractivity contribution is 8.00. The molecule has 0 bridgehead atoms. The maximum absolute atomic E-state index is 10.9. The number of thioether (sulfide) groups is 1. The van der Waals surface area contributed by atoms with E-state index in [1.54, 1.807) is 26.0 Å². The van der Waals surface area contributed by atoms with Crippen LogP contribution in [0, 0.1) is 10.1 Å². The van der Waals surface area contributed by atoms with E-state index in [0.717, 1.165) is 11.8 Å². The Morgan fingerprint density at radius 3 is 2.67 bits per heavy atom. The summed E-state index contributed by atoms with van der Waals surface area (Å²) >= 11 is 6.83. The number of benzene rings is 1.